The molecule has 0 saturated carbocycles. The smallest absolute Gasteiger partial charge is 0.109 e. The van der Waals surface area contributed by atoms with Gasteiger partial charge in [0.2, 0.25) is 0 Å². The molecular weight excluding hydrogens is 188 g/mol. The van der Waals surface area contributed by atoms with Crippen LogP contribution in [0.4, 0.5) is 0 Å². The topological polar surface area (TPSA) is 38.0 Å². The molecule has 1 atom stereocenters. The van der Waals surface area contributed by atoms with E-state index in [0.29, 0.717) is 5.92 Å². The van der Waals surface area contributed by atoms with Crippen molar-refractivity contribution in [3.63, 3.8) is 0 Å². The van der Waals surface area contributed by atoms with Crippen molar-refractivity contribution in [2.75, 3.05) is 6.61 Å². The van der Waals surface area contributed by atoms with E-state index in [1.807, 2.05) is 0 Å². The Morgan fingerprint density at radius 3 is 2.87 bits per heavy atom. The Morgan fingerprint density at radius 1 is 1.53 bits per heavy atom. The molecule has 2 rings (SSSR count). The summed E-state index contributed by atoms with van der Waals surface area (Å²) in [4.78, 5) is 4.67. The highest BCUT2D eigenvalue weighted by Gasteiger charge is 2.24. The maximum Gasteiger partial charge on any atom is 0.109 e. The quantitative estimate of drug-likeness (QED) is 0.763. The number of aromatic nitrogens is 2. The van der Waals surface area contributed by atoms with Crippen LogP contribution in [0.3, 0.4) is 0 Å². The number of hydrogen-bond donors (Lipinski definition) is 1. The van der Waals surface area contributed by atoms with Gasteiger partial charge in [-0.2, -0.15) is 0 Å². The van der Waals surface area contributed by atoms with Gasteiger partial charge in [-0.3, -0.25) is 0 Å². The molecule has 0 fully saturated rings. The van der Waals surface area contributed by atoms with Crippen molar-refractivity contribution in [1.82, 2.24) is 9.55 Å². The molecule has 15 heavy (non-hydrogen) atoms. The third-order valence-electron chi connectivity index (χ3n) is 3.14. The third kappa shape index (κ3) is 2.07. The molecule has 0 bridgehead atoms. The molecular formula is C12H20N2O. The summed E-state index contributed by atoms with van der Waals surface area (Å²) < 4.78 is 2.24. The predicted molar refractivity (Wildman–Crippen MR) is 59.8 cm³/mol. The van der Waals surface area contributed by atoms with E-state index in [0.717, 1.165) is 30.9 Å². The fraction of sp³-hybridized carbons (Fsp3) is 0.750. The summed E-state index contributed by atoms with van der Waals surface area (Å²) >= 11 is 0. The van der Waals surface area contributed by atoms with Crippen molar-refractivity contribution in [1.29, 1.82) is 0 Å². The van der Waals surface area contributed by atoms with Gasteiger partial charge < -0.3 is 9.67 Å². The molecule has 1 unspecified atom stereocenters. The number of fused-ring (bicyclic) bond motifs is 1. The summed E-state index contributed by atoms with van der Waals surface area (Å²) in [7, 11) is 0. The fourth-order valence-corrected chi connectivity index (χ4v) is 2.01. The summed E-state index contributed by atoms with van der Waals surface area (Å²) in [5.41, 5.74) is 1.29. The third-order valence-corrected chi connectivity index (χ3v) is 3.14. The van der Waals surface area contributed by atoms with E-state index in [1.54, 1.807) is 0 Å². The van der Waals surface area contributed by atoms with Gasteiger partial charge in [-0.1, -0.05) is 20.8 Å². The van der Waals surface area contributed by atoms with Crippen LogP contribution in [0.1, 0.15) is 38.7 Å². The van der Waals surface area contributed by atoms with E-state index >= 15 is 0 Å². The molecule has 1 aliphatic heterocycles. The molecule has 3 heteroatoms. The number of nitrogens with zero attached hydrogens (tertiary/aromatic N) is 2. The predicted octanol–water partition coefficient (Wildman–Crippen LogP) is 1.74. The number of rotatable bonds is 1. The zero-order valence-electron chi connectivity index (χ0n) is 9.82. The average Bonchev–Trinajstić information content (AvgIpc) is 2.59. The fourth-order valence-electron chi connectivity index (χ4n) is 2.01. The van der Waals surface area contributed by atoms with E-state index < -0.39 is 0 Å². The van der Waals surface area contributed by atoms with E-state index in [1.165, 1.54) is 0 Å². The van der Waals surface area contributed by atoms with Gasteiger partial charge in [0, 0.05) is 31.2 Å². The van der Waals surface area contributed by atoms with E-state index in [4.69, 9.17) is 5.11 Å². The lowest BCUT2D eigenvalue weighted by Gasteiger charge is -2.20. The zero-order valence-corrected chi connectivity index (χ0v) is 9.82. The molecule has 0 saturated heterocycles. The lowest BCUT2D eigenvalue weighted by atomic mass is 9.93. The Bertz CT molecular complexity index is 349. The number of imidazole rings is 1. The monoisotopic (exact) mass is 208 g/mol. The average molecular weight is 208 g/mol. The summed E-state index contributed by atoms with van der Waals surface area (Å²) in [5.74, 6) is 1.55. The molecule has 1 N–H and O–H groups in total. The Morgan fingerprint density at radius 2 is 2.27 bits per heavy atom. The second kappa shape index (κ2) is 3.63. The summed E-state index contributed by atoms with van der Waals surface area (Å²) in [6, 6.07) is 0. The number of hydrogen-bond acceptors (Lipinski definition) is 2. The second-order valence-corrected chi connectivity index (χ2v) is 5.53. The van der Waals surface area contributed by atoms with Crippen molar-refractivity contribution in [3.8, 4) is 0 Å². The number of aliphatic hydroxyl groups excluding tert-OH is 1. The molecule has 84 valence electrons. The standard InChI is InChI=1S/C12H20N2O/c1-12(2,3)10-7-14-5-4-9(8-15)6-11(14)13-10/h7,9,15H,4-6,8H2,1-3H3. The molecule has 0 radical (unpaired) electrons. The molecule has 0 aliphatic carbocycles. The SMILES string of the molecule is CC(C)(C)c1cn2c(n1)CC(CO)CC2. The largest absolute Gasteiger partial charge is 0.396 e. The Hall–Kier alpha value is -0.830. The highest BCUT2D eigenvalue weighted by molar-refractivity contribution is 5.14. The molecule has 1 aromatic rings. The summed E-state index contributed by atoms with van der Waals surface area (Å²) in [6.45, 7) is 7.85. The van der Waals surface area contributed by atoms with Crippen LogP contribution in [0.2, 0.25) is 0 Å². The van der Waals surface area contributed by atoms with Gasteiger partial charge in [0.1, 0.15) is 5.82 Å². The second-order valence-electron chi connectivity index (χ2n) is 5.53. The van der Waals surface area contributed by atoms with E-state index in [9.17, 15) is 0 Å². The number of aliphatic hydroxyl groups is 1. The van der Waals surface area contributed by atoms with Gasteiger partial charge >= 0.3 is 0 Å². The Kier molecular flexibility index (Phi) is 2.59. The minimum Gasteiger partial charge on any atom is -0.396 e. The summed E-state index contributed by atoms with van der Waals surface area (Å²) in [5, 5.41) is 9.15. The molecule has 1 aromatic heterocycles. The van der Waals surface area contributed by atoms with Crippen LogP contribution in [0.5, 0.6) is 0 Å². The van der Waals surface area contributed by atoms with Gasteiger partial charge in [-0.25, -0.2) is 4.98 Å². The first-order valence-electron chi connectivity index (χ1n) is 5.68. The Balaban J connectivity index is 2.26. The van der Waals surface area contributed by atoms with E-state index in [2.05, 4.69) is 36.5 Å². The molecule has 3 nitrogen and oxygen atoms in total. The molecule has 0 spiro atoms. The minimum atomic E-state index is 0.124. The first-order valence-corrected chi connectivity index (χ1v) is 5.68. The zero-order chi connectivity index (χ0) is 11.1. The van der Waals surface area contributed by atoms with Gasteiger partial charge in [0.25, 0.3) is 0 Å². The van der Waals surface area contributed by atoms with Crippen molar-refractivity contribution in [3.05, 3.63) is 17.7 Å². The van der Waals surface area contributed by atoms with Crippen molar-refractivity contribution >= 4 is 0 Å². The minimum absolute atomic E-state index is 0.124. The van der Waals surface area contributed by atoms with Crippen LogP contribution >= 0.6 is 0 Å². The maximum atomic E-state index is 9.15. The van der Waals surface area contributed by atoms with Gasteiger partial charge in [-0.05, 0) is 12.3 Å². The van der Waals surface area contributed by atoms with Crippen LogP contribution in [0.15, 0.2) is 6.20 Å². The normalized spacial score (nSPS) is 21.5. The Labute approximate surface area is 91.1 Å². The summed E-state index contributed by atoms with van der Waals surface area (Å²) in [6.07, 6.45) is 4.17. The van der Waals surface area contributed by atoms with Crippen LogP contribution in [0, 0.1) is 5.92 Å². The lowest BCUT2D eigenvalue weighted by molar-refractivity contribution is 0.199. The first kappa shape index (κ1) is 10.7. The van der Waals surface area contributed by atoms with Gasteiger partial charge in [0.05, 0.1) is 5.69 Å². The molecule has 0 amide bonds. The lowest BCUT2D eigenvalue weighted by Crippen LogP contribution is -2.21. The van der Waals surface area contributed by atoms with Gasteiger partial charge in [0.15, 0.2) is 0 Å². The number of aryl methyl sites for hydroxylation is 1. The molecule has 1 aliphatic rings. The van der Waals surface area contributed by atoms with E-state index in [-0.39, 0.29) is 12.0 Å². The van der Waals surface area contributed by atoms with Crippen molar-refractivity contribution in [2.45, 2.75) is 45.6 Å². The maximum absolute atomic E-state index is 9.15. The first-order chi connectivity index (χ1) is 7.00. The van der Waals surface area contributed by atoms with Crippen molar-refractivity contribution in [2.24, 2.45) is 5.92 Å². The van der Waals surface area contributed by atoms with Crippen LogP contribution in [0.25, 0.3) is 0 Å². The van der Waals surface area contributed by atoms with Crippen molar-refractivity contribution < 1.29 is 5.11 Å². The van der Waals surface area contributed by atoms with Gasteiger partial charge in [-0.15, -0.1) is 0 Å². The molecule has 0 aromatic carbocycles. The highest BCUT2D eigenvalue weighted by atomic mass is 16.3. The molecule has 2 heterocycles. The van der Waals surface area contributed by atoms with Crippen LogP contribution in [-0.2, 0) is 18.4 Å². The highest BCUT2D eigenvalue weighted by Crippen LogP contribution is 2.25. The van der Waals surface area contributed by atoms with Crippen LogP contribution in [-0.4, -0.2) is 21.3 Å². The van der Waals surface area contributed by atoms with Crippen LogP contribution < -0.4 is 0 Å².